The smallest absolute Gasteiger partial charge is 0.257 e. The first-order chi connectivity index (χ1) is 14.3. The number of benzene rings is 1. The number of amides is 2. The van der Waals surface area contributed by atoms with Crippen LogP contribution < -0.4 is 0 Å². The van der Waals surface area contributed by atoms with Crippen LogP contribution in [-0.2, 0) is 4.79 Å². The minimum atomic E-state index is -0.423. The lowest BCUT2D eigenvalue weighted by Crippen LogP contribution is -2.39. The molecule has 0 aliphatic carbocycles. The van der Waals surface area contributed by atoms with Gasteiger partial charge in [-0.3, -0.25) is 9.59 Å². The SMILES string of the molecule is Cc1ccccc1[C@@H]1[C@H]2CN(C(=O)CC(C)(C)CO)C[C@H]2CN1C(=O)c1ccoc1. The number of furan rings is 1. The van der Waals surface area contributed by atoms with Crippen LogP contribution in [0.15, 0.2) is 47.3 Å². The lowest BCUT2D eigenvalue weighted by Gasteiger charge is -2.31. The second kappa shape index (κ2) is 7.91. The van der Waals surface area contributed by atoms with Crippen molar-refractivity contribution in [1.82, 2.24) is 9.80 Å². The summed E-state index contributed by atoms with van der Waals surface area (Å²) in [6.07, 6.45) is 3.35. The van der Waals surface area contributed by atoms with Crippen LogP contribution in [0.2, 0.25) is 0 Å². The maximum atomic E-state index is 13.2. The molecule has 2 amide bonds. The summed E-state index contributed by atoms with van der Waals surface area (Å²) >= 11 is 0. The van der Waals surface area contributed by atoms with Gasteiger partial charge in [0.05, 0.1) is 17.9 Å². The number of aliphatic hydroxyl groups is 1. The van der Waals surface area contributed by atoms with Crippen molar-refractivity contribution in [3.8, 4) is 0 Å². The van der Waals surface area contributed by atoms with Crippen LogP contribution in [0.3, 0.4) is 0 Å². The van der Waals surface area contributed by atoms with E-state index in [2.05, 4.69) is 19.1 Å². The first kappa shape index (κ1) is 20.7. The van der Waals surface area contributed by atoms with Crippen molar-refractivity contribution in [2.24, 2.45) is 17.3 Å². The van der Waals surface area contributed by atoms with Gasteiger partial charge in [-0.15, -0.1) is 0 Å². The highest BCUT2D eigenvalue weighted by molar-refractivity contribution is 5.94. The van der Waals surface area contributed by atoms with Crippen molar-refractivity contribution >= 4 is 11.8 Å². The highest BCUT2D eigenvalue weighted by Crippen LogP contribution is 2.46. The molecule has 6 nitrogen and oxygen atoms in total. The summed E-state index contributed by atoms with van der Waals surface area (Å²) in [6.45, 7) is 7.79. The lowest BCUT2D eigenvalue weighted by atomic mass is 9.87. The van der Waals surface area contributed by atoms with Crippen molar-refractivity contribution in [3.63, 3.8) is 0 Å². The average molecular weight is 411 g/mol. The van der Waals surface area contributed by atoms with E-state index < -0.39 is 5.41 Å². The van der Waals surface area contributed by atoms with E-state index in [0.29, 0.717) is 31.6 Å². The van der Waals surface area contributed by atoms with Crippen LogP contribution in [0.1, 0.15) is 47.8 Å². The molecule has 0 saturated carbocycles. The maximum Gasteiger partial charge on any atom is 0.257 e. The van der Waals surface area contributed by atoms with E-state index >= 15 is 0 Å². The predicted octanol–water partition coefficient (Wildman–Crippen LogP) is 3.27. The second-order valence-electron chi connectivity index (χ2n) is 9.49. The third-order valence-electron chi connectivity index (χ3n) is 6.61. The molecule has 6 heteroatoms. The zero-order valence-electron chi connectivity index (χ0n) is 17.9. The molecule has 30 heavy (non-hydrogen) atoms. The highest BCUT2D eigenvalue weighted by atomic mass is 16.3. The van der Waals surface area contributed by atoms with Gasteiger partial charge in [0.15, 0.2) is 0 Å². The van der Waals surface area contributed by atoms with Gasteiger partial charge in [0.1, 0.15) is 6.26 Å². The van der Waals surface area contributed by atoms with E-state index in [0.717, 1.165) is 11.1 Å². The van der Waals surface area contributed by atoms with E-state index in [9.17, 15) is 14.7 Å². The Bertz CT molecular complexity index is 921. The molecule has 3 atom stereocenters. The fourth-order valence-electron chi connectivity index (χ4n) is 4.90. The Morgan fingerprint density at radius 3 is 2.60 bits per heavy atom. The highest BCUT2D eigenvalue weighted by Gasteiger charge is 2.50. The molecule has 1 aromatic heterocycles. The molecule has 0 radical (unpaired) electrons. The lowest BCUT2D eigenvalue weighted by molar-refractivity contribution is -0.133. The first-order valence-corrected chi connectivity index (χ1v) is 10.6. The normalized spacial score (nSPS) is 23.7. The number of hydrogen-bond donors (Lipinski definition) is 1. The fraction of sp³-hybridized carbons (Fsp3) is 0.500. The van der Waals surface area contributed by atoms with Crippen molar-refractivity contribution in [1.29, 1.82) is 0 Å². The molecule has 0 spiro atoms. The molecule has 160 valence electrons. The van der Waals surface area contributed by atoms with Gasteiger partial charge in [-0.05, 0) is 29.5 Å². The average Bonchev–Trinajstić information content (AvgIpc) is 3.44. The van der Waals surface area contributed by atoms with Gasteiger partial charge in [0, 0.05) is 44.5 Å². The van der Waals surface area contributed by atoms with E-state index in [-0.39, 0.29) is 36.3 Å². The molecule has 0 bridgehead atoms. The van der Waals surface area contributed by atoms with Gasteiger partial charge in [-0.1, -0.05) is 38.1 Å². The summed E-state index contributed by atoms with van der Waals surface area (Å²) in [7, 11) is 0. The minimum absolute atomic E-state index is 0.0156. The summed E-state index contributed by atoms with van der Waals surface area (Å²) in [6, 6.07) is 9.83. The quantitative estimate of drug-likeness (QED) is 0.821. The first-order valence-electron chi connectivity index (χ1n) is 10.6. The number of aliphatic hydroxyl groups excluding tert-OH is 1. The Labute approximate surface area is 177 Å². The van der Waals surface area contributed by atoms with Gasteiger partial charge < -0.3 is 19.3 Å². The molecule has 2 aromatic rings. The molecular formula is C24H30N2O4. The maximum absolute atomic E-state index is 13.2. The molecule has 0 unspecified atom stereocenters. The molecule has 4 rings (SSSR count). The number of rotatable bonds is 5. The number of fused-ring (bicyclic) bond motifs is 1. The predicted molar refractivity (Wildman–Crippen MR) is 113 cm³/mol. The van der Waals surface area contributed by atoms with Gasteiger partial charge in [-0.2, -0.15) is 0 Å². The number of nitrogens with zero attached hydrogens (tertiary/aromatic N) is 2. The molecule has 1 aromatic carbocycles. The summed E-state index contributed by atoms with van der Waals surface area (Å²) in [5.41, 5.74) is 2.44. The minimum Gasteiger partial charge on any atom is -0.472 e. The molecular weight excluding hydrogens is 380 g/mol. The Balaban J connectivity index is 1.60. The van der Waals surface area contributed by atoms with Crippen LogP contribution in [0.5, 0.6) is 0 Å². The van der Waals surface area contributed by atoms with Crippen molar-refractivity contribution < 1.29 is 19.1 Å². The van der Waals surface area contributed by atoms with E-state index in [4.69, 9.17) is 4.42 Å². The number of hydrogen-bond acceptors (Lipinski definition) is 4. The van der Waals surface area contributed by atoms with E-state index in [1.807, 2.05) is 35.8 Å². The van der Waals surface area contributed by atoms with Crippen molar-refractivity contribution in [3.05, 3.63) is 59.5 Å². The summed E-state index contributed by atoms with van der Waals surface area (Å²) in [5.74, 6) is 0.500. The summed E-state index contributed by atoms with van der Waals surface area (Å²) in [5, 5.41) is 9.53. The number of carbonyl (C=O) groups excluding carboxylic acids is 2. The topological polar surface area (TPSA) is 74.0 Å². The molecule has 3 heterocycles. The van der Waals surface area contributed by atoms with Crippen LogP contribution in [-0.4, -0.2) is 53.0 Å². The molecule has 2 fully saturated rings. The van der Waals surface area contributed by atoms with Gasteiger partial charge >= 0.3 is 0 Å². The van der Waals surface area contributed by atoms with Gasteiger partial charge in [-0.25, -0.2) is 0 Å². The van der Waals surface area contributed by atoms with Crippen LogP contribution >= 0.6 is 0 Å². The molecule has 1 N–H and O–H groups in total. The third kappa shape index (κ3) is 3.76. The largest absolute Gasteiger partial charge is 0.472 e. The van der Waals surface area contributed by atoms with Crippen LogP contribution in [0.4, 0.5) is 0 Å². The zero-order valence-corrected chi connectivity index (χ0v) is 17.9. The second-order valence-corrected chi connectivity index (χ2v) is 9.49. The number of aryl methyl sites for hydroxylation is 1. The fourth-order valence-corrected chi connectivity index (χ4v) is 4.90. The summed E-state index contributed by atoms with van der Waals surface area (Å²) in [4.78, 5) is 30.0. The standard InChI is InChI=1S/C24H30N2O4/c1-16-6-4-5-7-19(16)22-20-13-25(21(28)10-24(2,3)15-27)11-18(20)12-26(22)23(29)17-8-9-30-14-17/h4-9,14,18,20,22,27H,10-13,15H2,1-3H3/t18-,20-,22+/m0/s1. The van der Waals surface area contributed by atoms with Crippen LogP contribution in [0.25, 0.3) is 0 Å². The molecule has 2 aliphatic heterocycles. The Hall–Kier alpha value is -2.60. The monoisotopic (exact) mass is 410 g/mol. The van der Waals surface area contributed by atoms with Crippen LogP contribution in [0, 0.1) is 24.2 Å². The number of carbonyl (C=O) groups is 2. The molecule has 2 saturated heterocycles. The van der Waals surface area contributed by atoms with Gasteiger partial charge in [0.25, 0.3) is 5.91 Å². The van der Waals surface area contributed by atoms with E-state index in [1.54, 1.807) is 6.07 Å². The summed E-state index contributed by atoms with van der Waals surface area (Å²) < 4.78 is 5.14. The van der Waals surface area contributed by atoms with Crippen molar-refractivity contribution in [2.75, 3.05) is 26.2 Å². The Morgan fingerprint density at radius 2 is 1.93 bits per heavy atom. The zero-order chi connectivity index (χ0) is 21.5. The Kier molecular flexibility index (Phi) is 5.45. The number of likely N-dealkylation sites (tertiary alicyclic amines) is 2. The third-order valence-corrected chi connectivity index (χ3v) is 6.61. The van der Waals surface area contributed by atoms with Crippen molar-refractivity contribution in [2.45, 2.75) is 33.2 Å². The van der Waals surface area contributed by atoms with Gasteiger partial charge in [0.2, 0.25) is 5.91 Å². The van der Waals surface area contributed by atoms with E-state index in [1.165, 1.54) is 12.5 Å². The Morgan fingerprint density at radius 1 is 1.17 bits per heavy atom. The molecule has 2 aliphatic rings.